The van der Waals surface area contributed by atoms with Gasteiger partial charge in [-0.05, 0) is 75.8 Å². The number of anilines is 1. The lowest BCUT2D eigenvalue weighted by molar-refractivity contribution is 0.0784. The molecule has 2 aliphatic rings. The Balaban J connectivity index is 1.35. The Bertz CT molecular complexity index is 1170. The number of ether oxygens (including phenoxy) is 1. The molecule has 1 aromatic carbocycles. The first-order chi connectivity index (χ1) is 16.3. The van der Waals surface area contributed by atoms with Crippen LogP contribution in [-0.2, 0) is 0 Å². The molecule has 178 valence electrons. The van der Waals surface area contributed by atoms with E-state index in [1.54, 1.807) is 25.4 Å². The second-order valence-electron chi connectivity index (χ2n) is 10.3. The molecule has 1 unspecified atom stereocenters. The zero-order chi connectivity index (χ0) is 23.9. The molecule has 0 aliphatic carbocycles. The van der Waals surface area contributed by atoms with Crippen molar-refractivity contribution in [1.82, 2.24) is 25.7 Å². The molecule has 34 heavy (non-hydrogen) atoms. The molecule has 5 rings (SSSR count). The number of nitrogens with zero attached hydrogens (tertiary/aromatic N) is 5. The van der Waals surface area contributed by atoms with Gasteiger partial charge in [0, 0.05) is 41.4 Å². The maximum absolute atomic E-state index is 10.7. The minimum Gasteiger partial charge on any atom is -0.507 e. The molecular weight excluding hydrogens is 428 g/mol. The first kappa shape index (κ1) is 22.5. The Labute approximate surface area is 200 Å². The van der Waals surface area contributed by atoms with E-state index in [0.717, 1.165) is 29.8 Å². The average Bonchev–Trinajstić information content (AvgIpc) is 2.82. The van der Waals surface area contributed by atoms with Gasteiger partial charge < -0.3 is 20.1 Å². The van der Waals surface area contributed by atoms with E-state index in [9.17, 15) is 5.11 Å². The summed E-state index contributed by atoms with van der Waals surface area (Å²) in [5.41, 5.74) is 3.26. The number of rotatable bonds is 5. The normalized spacial score (nSPS) is 26.2. The van der Waals surface area contributed by atoms with Gasteiger partial charge in [-0.25, -0.2) is 0 Å². The van der Waals surface area contributed by atoms with E-state index in [2.05, 4.69) is 51.5 Å². The zero-order valence-corrected chi connectivity index (χ0v) is 20.2. The van der Waals surface area contributed by atoms with Gasteiger partial charge in [0.05, 0.1) is 19.0 Å². The molecule has 2 saturated heterocycles. The van der Waals surface area contributed by atoms with E-state index in [-0.39, 0.29) is 16.8 Å². The van der Waals surface area contributed by atoms with Gasteiger partial charge in [-0.15, -0.1) is 15.3 Å². The van der Waals surface area contributed by atoms with Crippen molar-refractivity contribution in [2.45, 2.75) is 63.1 Å². The predicted octanol–water partition coefficient (Wildman–Crippen LogP) is 4.20. The lowest BCUT2D eigenvalue weighted by atomic mass is 9.69. The number of nitrogens with one attached hydrogen (secondary N) is 1. The highest BCUT2D eigenvalue weighted by atomic mass is 16.5. The van der Waals surface area contributed by atoms with Crippen LogP contribution < -0.4 is 15.0 Å². The van der Waals surface area contributed by atoms with Crippen LogP contribution in [0.5, 0.6) is 11.6 Å². The number of aromatic nitrogens is 4. The molecule has 0 saturated carbocycles. The fraction of sp³-hybridized carbons (Fsp3) is 0.462. The maximum atomic E-state index is 10.7. The summed E-state index contributed by atoms with van der Waals surface area (Å²) in [6.07, 6.45) is 7.55. The minimum absolute atomic E-state index is 0.135. The highest BCUT2D eigenvalue weighted by molar-refractivity contribution is 5.74. The van der Waals surface area contributed by atoms with Crippen molar-refractivity contribution < 1.29 is 9.84 Å². The molecule has 2 aliphatic heterocycles. The molecule has 2 fully saturated rings. The minimum atomic E-state index is 0.135. The molecule has 2 aromatic heterocycles. The zero-order valence-electron chi connectivity index (χ0n) is 20.2. The van der Waals surface area contributed by atoms with E-state index < -0.39 is 0 Å². The third kappa shape index (κ3) is 4.30. The van der Waals surface area contributed by atoms with Crippen molar-refractivity contribution >= 4 is 5.82 Å². The smallest absolute Gasteiger partial charge is 0.233 e. The van der Waals surface area contributed by atoms with Crippen LogP contribution in [0, 0.1) is 0 Å². The van der Waals surface area contributed by atoms with Gasteiger partial charge in [-0.1, -0.05) is 6.07 Å². The lowest BCUT2D eigenvalue weighted by Crippen LogP contribution is -2.66. The molecule has 0 radical (unpaired) electrons. The Hall–Kier alpha value is -3.26. The molecule has 3 aromatic rings. The topological polar surface area (TPSA) is 96.3 Å². The summed E-state index contributed by atoms with van der Waals surface area (Å²) in [6, 6.07) is 11.6. The number of methoxy groups -OCH3 is 1. The average molecular weight is 461 g/mol. The van der Waals surface area contributed by atoms with Gasteiger partial charge >= 0.3 is 0 Å². The van der Waals surface area contributed by atoms with Crippen LogP contribution in [0.25, 0.3) is 22.4 Å². The van der Waals surface area contributed by atoms with E-state index in [0.29, 0.717) is 23.2 Å². The van der Waals surface area contributed by atoms with Gasteiger partial charge in [0.2, 0.25) is 5.88 Å². The van der Waals surface area contributed by atoms with Crippen LogP contribution in [0.15, 0.2) is 42.6 Å². The highest BCUT2D eigenvalue weighted by Gasteiger charge is 2.46. The SMILES string of the molecule is COc1cc(-c2ccc(-c3ccc(N(C)C4C[C@]5(C)CCC[C@](C)(C4)N5)nn3)c(O)c2)cnn1. The summed E-state index contributed by atoms with van der Waals surface area (Å²) in [4.78, 5) is 2.27. The number of hydrogen-bond acceptors (Lipinski definition) is 8. The summed E-state index contributed by atoms with van der Waals surface area (Å²) in [5, 5.41) is 31.4. The molecule has 0 spiro atoms. The van der Waals surface area contributed by atoms with Gasteiger partial charge in [0.1, 0.15) is 5.75 Å². The van der Waals surface area contributed by atoms with Crippen LogP contribution in [0.2, 0.25) is 0 Å². The Morgan fingerprint density at radius 3 is 2.41 bits per heavy atom. The summed E-state index contributed by atoms with van der Waals surface area (Å²) in [7, 11) is 3.66. The predicted molar refractivity (Wildman–Crippen MR) is 132 cm³/mol. The second kappa shape index (κ2) is 8.51. The van der Waals surface area contributed by atoms with Crippen LogP contribution in [0.4, 0.5) is 5.82 Å². The number of aromatic hydroxyl groups is 1. The Morgan fingerprint density at radius 2 is 1.76 bits per heavy atom. The quantitative estimate of drug-likeness (QED) is 0.585. The fourth-order valence-corrected chi connectivity index (χ4v) is 5.79. The van der Waals surface area contributed by atoms with Crippen molar-refractivity contribution in [3.63, 3.8) is 0 Å². The lowest BCUT2D eigenvalue weighted by Gasteiger charge is -2.55. The first-order valence-electron chi connectivity index (χ1n) is 11.8. The van der Waals surface area contributed by atoms with E-state index in [1.165, 1.54) is 19.3 Å². The Morgan fingerprint density at radius 1 is 1.00 bits per heavy atom. The molecule has 8 nitrogen and oxygen atoms in total. The molecule has 4 heterocycles. The van der Waals surface area contributed by atoms with Crippen LogP contribution in [0.3, 0.4) is 0 Å². The Kier molecular flexibility index (Phi) is 5.64. The summed E-state index contributed by atoms with van der Waals surface area (Å²) in [6.45, 7) is 4.70. The number of phenolic OH excluding ortho intramolecular Hbond substituents is 1. The number of fused-ring (bicyclic) bond motifs is 2. The summed E-state index contributed by atoms with van der Waals surface area (Å²) >= 11 is 0. The van der Waals surface area contributed by atoms with Crippen molar-refractivity contribution in [1.29, 1.82) is 0 Å². The van der Waals surface area contributed by atoms with Crippen molar-refractivity contribution in [3.05, 3.63) is 42.6 Å². The van der Waals surface area contributed by atoms with Gasteiger partial charge in [-0.3, -0.25) is 0 Å². The molecule has 2 N–H and O–H groups in total. The molecule has 0 amide bonds. The second-order valence-corrected chi connectivity index (χ2v) is 10.3. The first-order valence-corrected chi connectivity index (χ1v) is 11.8. The van der Waals surface area contributed by atoms with Crippen molar-refractivity contribution in [3.8, 4) is 34.0 Å². The standard InChI is InChI=1S/C26H32N6O2/c1-25-10-5-11-26(2,31-25)15-19(14-25)32(3)23-9-8-21(28-29-23)20-7-6-17(12-22(20)33)18-13-24(34-4)30-27-16-18/h6-9,12-13,16,19,31,33H,5,10-11,14-15H2,1-4H3/t19?,25-,26+. The number of benzene rings is 1. The third-order valence-electron chi connectivity index (χ3n) is 7.44. The fourth-order valence-electron chi connectivity index (χ4n) is 5.79. The molecule has 3 atom stereocenters. The number of piperidine rings is 2. The van der Waals surface area contributed by atoms with Crippen molar-refractivity contribution in [2.75, 3.05) is 19.1 Å². The van der Waals surface area contributed by atoms with Crippen LogP contribution >= 0.6 is 0 Å². The molecule has 2 bridgehead atoms. The largest absolute Gasteiger partial charge is 0.507 e. The monoisotopic (exact) mass is 460 g/mol. The molecular formula is C26H32N6O2. The summed E-state index contributed by atoms with van der Waals surface area (Å²) < 4.78 is 5.14. The van der Waals surface area contributed by atoms with Crippen molar-refractivity contribution in [2.24, 2.45) is 0 Å². The van der Waals surface area contributed by atoms with Gasteiger partial charge in [0.25, 0.3) is 0 Å². The van der Waals surface area contributed by atoms with E-state index >= 15 is 0 Å². The number of hydrogen-bond donors (Lipinski definition) is 2. The van der Waals surface area contributed by atoms with Gasteiger partial charge in [-0.2, -0.15) is 5.10 Å². The van der Waals surface area contributed by atoms with E-state index in [4.69, 9.17) is 4.74 Å². The molecule has 8 heteroatoms. The van der Waals surface area contributed by atoms with Crippen LogP contribution in [-0.4, -0.2) is 56.8 Å². The third-order valence-corrected chi connectivity index (χ3v) is 7.44. The highest BCUT2D eigenvalue weighted by Crippen LogP contribution is 2.42. The van der Waals surface area contributed by atoms with Gasteiger partial charge in [0.15, 0.2) is 5.82 Å². The van der Waals surface area contributed by atoms with Crippen LogP contribution in [0.1, 0.15) is 46.0 Å². The number of phenols is 1. The van der Waals surface area contributed by atoms with E-state index in [1.807, 2.05) is 24.3 Å². The summed E-state index contributed by atoms with van der Waals surface area (Å²) in [5.74, 6) is 1.41. The maximum Gasteiger partial charge on any atom is 0.233 e.